The number of epoxide rings is 1. The third-order valence-corrected chi connectivity index (χ3v) is 9.79. The lowest BCUT2D eigenvalue weighted by Gasteiger charge is -2.55. The second-order valence-electron chi connectivity index (χ2n) is 11.0. The van der Waals surface area contributed by atoms with Crippen LogP contribution in [0.5, 0.6) is 0 Å². The second-order valence-corrected chi connectivity index (χ2v) is 11.0. The molecule has 1 heterocycles. The molecule has 32 heavy (non-hydrogen) atoms. The molecular formula is C26H36O6. The summed E-state index contributed by atoms with van der Waals surface area (Å²) in [6.07, 6.45) is 8.25. The van der Waals surface area contributed by atoms with Crippen molar-refractivity contribution in [2.45, 2.75) is 83.9 Å². The van der Waals surface area contributed by atoms with Gasteiger partial charge in [0.25, 0.3) is 0 Å². The highest BCUT2D eigenvalue weighted by molar-refractivity contribution is 6.01. The van der Waals surface area contributed by atoms with Gasteiger partial charge in [-0.15, -0.1) is 0 Å². The summed E-state index contributed by atoms with van der Waals surface area (Å²) in [6, 6.07) is 0. The van der Waals surface area contributed by atoms with Gasteiger partial charge in [-0.3, -0.25) is 9.59 Å². The van der Waals surface area contributed by atoms with E-state index in [4.69, 9.17) is 14.2 Å². The quantitative estimate of drug-likeness (QED) is 0.499. The summed E-state index contributed by atoms with van der Waals surface area (Å²) in [5, 5.41) is 12.0. The molecule has 5 aliphatic rings. The summed E-state index contributed by atoms with van der Waals surface area (Å²) in [7, 11) is 0. The Kier molecular flexibility index (Phi) is 4.97. The van der Waals surface area contributed by atoms with Gasteiger partial charge in [0.15, 0.2) is 17.9 Å². The number of aliphatic hydroxyl groups is 1. The van der Waals surface area contributed by atoms with E-state index in [-0.39, 0.29) is 53.0 Å². The van der Waals surface area contributed by atoms with E-state index in [0.717, 1.165) is 19.3 Å². The van der Waals surface area contributed by atoms with E-state index < -0.39 is 17.3 Å². The number of ketones is 2. The van der Waals surface area contributed by atoms with Crippen molar-refractivity contribution in [1.29, 1.82) is 0 Å². The van der Waals surface area contributed by atoms with Crippen LogP contribution in [0.25, 0.3) is 0 Å². The molecule has 4 aliphatic carbocycles. The Morgan fingerprint density at radius 1 is 1.31 bits per heavy atom. The van der Waals surface area contributed by atoms with E-state index in [1.165, 1.54) is 5.57 Å². The lowest BCUT2D eigenvalue weighted by molar-refractivity contribution is -0.180. The highest BCUT2D eigenvalue weighted by Gasteiger charge is 2.81. The van der Waals surface area contributed by atoms with Gasteiger partial charge in [0.05, 0.1) is 6.10 Å². The molecule has 176 valence electrons. The summed E-state index contributed by atoms with van der Waals surface area (Å²) in [5.74, 6) is 0.0814. The molecule has 1 N–H and O–H groups in total. The van der Waals surface area contributed by atoms with Gasteiger partial charge in [-0.1, -0.05) is 25.5 Å². The number of carbonyl (C=O) groups is 2. The zero-order valence-corrected chi connectivity index (χ0v) is 19.8. The number of fused-ring (bicyclic) bond motifs is 3. The van der Waals surface area contributed by atoms with E-state index in [0.29, 0.717) is 13.0 Å². The average molecular weight is 445 g/mol. The minimum atomic E-state index is -1.45. The standard InChI is InChI=1S/C26H36O6/c1-6-30-16(3)31-14-21(28)25(29)15(2)11-20-19-8-7-17-12-18(27)9-10-23(17,4)26(19)22(32-26)13-24(20,25)5/h9-10,12,15-16,19-20,22,29H,6-8,11,13-14H2,1-5H3/t15-,16+,19-,20-,22+,23-,24-,25-,26-/m0/s1. The smallest absolute Gasteiger partial charge is 0.190 e. The lowest BCUT2D eigenvalue weighted by atomic mass is 9.46. The van der Waals surface area contributed by atoms with Crippen molar-refractivity contribution in [2.75, 3.05) is 13.2 Å². The number of ether oxygens (including phenoxy) is 3. The van der Waals surface area contributed by atoms with Crippen molar-refractivity contribution in [3.05, 3.63) is 23.8 Å². The first kappa shape index (κ1) is 22.5. The SMILES string of the molecule is CCO[C@@H](C)OCC(=O)[C@@]1(O)[C@@H](C)C[C@H]2[C@@H]3CCC4=CC(=O)C=C[C@]4(C)[C@]34O[C@@H]4C[C@@]21C. The normalized spacial score (nSPS) is 49.4. The van der Waals surface area contributed by atoms with Gasteiger partial charge in [-0.2, -0.15) is 0 Å². The summed E-state index contributed by atoms with van der Waals surface area (Å²) in [5.41, 5.74) is -1.46. The van der Waals surface area contributed by atoms with Gasteiger partial charge in [0.2, 0.25) is 0 Å². The van der Waals surface area contributed by atoms with Gasteiger partial charge in [-0.05, 0) is 76.4 Å². The molecule has 0 aromatic carbocycles. The number of rotatable bonds is 6. The number of carbonyl (C=O) groups excluding carboxylic acids is 2. The minimum Gasteiger partial charge on any atom is -0.381 e. The molecule has 3 saturated carbocycles. The van der Waals surface area contributed by atoms with Crippen LogP contribution in [-0.2, 0) is 23.8 Å². The Bertz CT molecular complexity index is 908. The van der Waals surface area contributed by atoms with Crippen LogP contribution >= 0.6 is 0 Å². The van der Waals surface area contributed by atoms with E-state index in [1.54, 1.807) is 19.1 Å². The molecule has 1 aliphatic heterocycles. The zero-order chi connectivity index (χ0) is 23.1. The largest absolute Gasteiger partial charge is 0.381 e. The van der Waals surface area contributed by atoms with Crippen LogP contribution in [0.15, 0.2) is 23.8 Å². The minimum absolute atomic E-state index is 0.0202. The van der Waals surface area contributed by atoms with Crippen molar-refractivity contribution in [1.82, 2.24) is 0 Å². The van der Waals surface area contributed by atoms with Gasteiger partial charge in [0, 0.05) is 17.4 Å². The number of hydrogen-bond acceptors (Lipinski definition) is 6. The Morgan fingerprint density at radius 2 is 2.06 bits per heavy atom. The fourth-order valence-electron chi connectivity index (χ4n) is 8.16. The number of allylic oxidation sites excluding steroid dienone is 2. The Hall–Kier alpha value is -1.34. The van der Waals surface area contributed by atoms with E-state index in [1.807, 2.05) is 13.8 Å². The molecule has 0 radical (unpaired) electrons. The van der Waals surface area contributed by atoms with Crippen LogP contribution in [-0.4, -0.2) is 53.5 Å². The van der Waals surface area contributed by atoms with Crippen LogP contribution in [0.1, 0.15) is 60.3 Å². The van der Waals surface area contributed by atoms with Gasteiger partial charge >= 0.3 is 0 Å². The molecule has 1 spiro atoms. The molecule has 4 fully saturated rings. The van der Waals surface area contributed by atoms with Gasteiger partial charge in [0.1, 0.15) is 17.8 Å². The maximum Gasteiger partial charge on any atom is 0.190 e. The lowest BCUT2D eigenvalue weighted by Crippen LogP contribution is -2.62. The van der Waals surface area contributed by atoms with Crippen LogP contribution in [0.4, 0.5) is 0 Å². The van der Waals surface area contributed by atoms with Crippen molar-refractivity contribution in [2.24, 2.45) is 28.6 Å². The maximum absolute atomic E-state index is 13.4. The predicted molar refractivity (Wildman–Crippen MR) is 118 cm³/mol. The van der Waals surface area contributed by atoms with E-state index in [2.05, 4.69) is 19.9 Å². The number of hydrogen-bond donors (Lipinski definition) is 1. The molecule has 6 nitrogen and oxygen atoms in total. The highest BCUT2D eigenvalue weighted by Crippen LogP contribution is 2.76. The van der Waals surface area contributed by atoms with Crippen LogP contribution in [0, 0.1) is 28.6 Å². The Morgan fingerprint density at radius 3 is 2.78 bits per heavy atom. The molecular weight excluding hydrogens is 408 g/mol. The molecule has 0 bridgehead atoms. The van der Waals surface area contributed by atoms with Gasteiger partial charge < -0.3 is 19.3 Å². The topological polar surface area (TPSA) is 85.4 Å². The fourth-order valence-corrected chi connectivity index (χ4v) is 8.16. The average Bonchev–Trinajstić information content (AvgIpc) is 3.42. The fraction of sp³-hybridized carbons (Fsp3) is 0.769. The summed E-state index contributed by atoms with van der Waals surface area (Å²) < 4.78 is 17.6. The molecule has 0 unspecified atom stereocenters. The number of Topliss-reactive ketones (excluding diaryl/α,β-unsaturated/α-hetero) is 1. The predicted octanol–water partition coefficient (Wildman–Crippen LogP) is 3.37. The zero-order valence-electron chi connectivity index (χ0n) is 19.8. The first-order chi connectivity index (χ1) is 15.0. The van der Waals surface area contributed by atoms with Crippen molar-refractivity contribution >= 4 is 11.6 Å². The van der Waals surface area contributed by atoms with Crippen molar-refractivity contribution in [3.8, 4) is 0 Å². The van der Waals surface area contributed by atoms with Crippen LogP contribution in [0.2, 0.25) is 0 Å². The first-order valence-corrected chi connectivity index (χ1v) is 12.2. The Balaban J connectivity index is 1.45. The highest BCUT2D eigenvalue weighted by atomic mass is 16.7. The summed E-state index contributed by atoms with van der Waals surface area (Å²) in [4.78, 5) is 25.5. The second kappa shape index (κ2) is 7.08. The van der Waals surface area contributed by atoms with E-state index in [9.17, 15) is 14.7 Å². The monoisotopic (exact) mass is 444 g/mol. The maximum atomic E-state index is 13.4. The molecule has 9 atom stereocenters. The third-order valence-electron chi connectivity index (χ3n) is 9.79. The third kappa shape index (κ3) is 2.61. The van der Waals surface area contributed by atoms with E-state index >= 15 is 0 Å². The summed E-state index contributed by atoms with van der Waals surface area (Å²) >= 11 is 0. The molecule has 1 saturated heterocycles. The van der Waals surface area contributed by atoms with Crippen molar-refractivity contribution in [3.63, 3.8) is 0 Å². The van der Waals surface area contributed by atoms with Crippen molar-refractivity contribution < 1.29 is 28.9 Å². The van der Waals surface area contributed by atoms with Gasteiger partial charge in [-0.25, -0.2) is 0 Å². The first-order valence-electron chi connectivity index (χ1n) is 12.2. The molecule has 0 aromatic heterocycles. The molecule has 5 rings (SSSR count). The van der Waals surface area contributed by atoms with Crippen LogP contribution in [0.3, 0.4) is 0 Å². The summed E-state index contributed by atoms with van der Waals surface area (Å²) in [6.45, 7) is 10.3. The Labute approximate surface area is 190 Å². The molecule has 6 heteroatoms. The molecule has 0 aromatic rings. The van der Waals surface area contributed by atoms with Crippen LogP contribution < -0.4 is 0 Å². The molecule has 0 amide bonds.